The fraction of sp³-hybridized carbons (Fsp3) is 0.262. The second-order valence-electron chi connectivity index (χ2n) is 14.1. The number of carboxylic acids is 1. The standard InChI is InChI=1S/C20H19N5O.C11H10ClN3.C9H10N2O.C2H4O2/c26-18-10-5-12-11-14(8-9-16(12)23-18)22-20-24-17-4-2-1-3-15(17)19(25-20)21-13-6-7-13;12-11-14-9-4-2-1-3-8(9)10(15-11)13-7-5-6-7;10-7-2-3-8-6(5-7)1-4-9(12)11-8;1-2(3)4/h1-4,8-9,11,13H,5-7,10H2,(H,23,26)(H2,21,22,24,25);1-4,7H,5-6H2,(H,13,14,15);2-3,5H,1,4,10H2,(H,11,12);1H3,(H,3,4). The van der Waals surface area contributed by atoms with Gasteiger partial charge in [-0.15, -0.1) is 0 Å². The number of benzene rings is 4. The van der Waals surface area contributed by atoms with E-state index in [1.165, 1.54) is 25.7 Å². The fourth-order valence-corrected chi connectivity index (χ4v) is 6.41. The van der Waals surface area contributed by atoms with Gasteiger partial charge in [0.05, 0.1) is 11.0 Å². The molecular formula is C42H43ClN10O4. The molecule has 2 fully saturated rings. The highest BCUT2D eigenvalue weighted by Gasteiger charge is 2.24. The topological polar surface area (TPSA) is 209 Å². The summed E-state index contributed by atoms with van der Waals surface area (Å²) < 4.78 is 0. The maximum Gasteiger partial charge on any atom is 0.300 e. The highest BCUT2D eigenvalue weighted by atomic mass is 35.5. The van der Waals surface area contributed by atoms with Gasteiger partial charge >= 0.3 is 0 Å². The van der Waals surface area contributed by atoms with E-state index in [2.05, 4.69) is 47.6 Å². The Kier molecular flexibility index (Phi) is 11.9. The van der Waals surface area contributed by atoms with Gasteiger partial charge in [-0.05, 0) is 122 Å². The number of nitrogens with two attached hydrogens (primary N) is 1. The number of aryl methyl sites for hydroxylation is 2. The van der Waals surface area contributed by atoms with E-state index in [1.807, 2.05) is 72.8 Å². The van der Waals surface area contributed by atoms with E-state index in [9.17, 15) is 9.59 Å². The highest BCUT2D eigenvalue weighted by molar-refractivity contribution is 6.28. The number of aliphatic carboxylic acids is 1. The molecule has 57 heavy (non-hydrogen) atoms. The van der Waals surface area contributed by atoms with Crippen molar-refractivity contribution < 1.29 is 19.5 Å². The smallest absolute Gasteiger partial charge is 0.300 e. The van der Waals surface area contributed by atoms with Crippen molar-refractivity contribution in [3.63, 3.8) is 0 Å². The zero-order valence-corrected chi connectivity index (χ0v) is 32.1. The summed E-state index contributed by atoms with van der Waals surface area (Å²) in [5, 5.41) is 25.7. The normalized spacial score (nSPS) is 15.1. The first-order valence-corrected chi connectivity index (χ1v) is 19.2. The molecule has 2 amide bonds. The van der Waals surface area contributed by atoms with Gasteiger partial charge in [-0.3, -0.25) is 14.4 Å². The summed E-state index contributed by atoms with van der Waals surface area (Å²) in [5.41, 5.74) is 13.1. The first-order valence-electron chi connectivity index (χ1n) is 18.9. The van der Waals surface area contributed by atoms with Crippen LogP contribution in [0, 0.1) is 0 Å². The Labute approximate surface area is 334 Å². The van der Waals surface area contributed by atoms with Crippen molar-refractivity contribution in [1.29, 1.82) is 0 Å². The minimum Gasteiger partial charge on any atom is -0.481 e. The molecule has 0 bridgehead atoms. The molecule has 10 rings (SSSR count). The first-order chi connectivity index (χ1) is 27.6. The number of carbonyl (C=O) groups excluding carboxylic acids is 2. The summed E-state index contributed by atoms with van der Waals surface area (Å²) in [5.74, 6) is 1.64. The molecule has 0 atom stereocenters. The molecule has 4 heterocycles. The van der Waals surface area contributed by atoms with E-state index in [4.69, 9.17) is 32.2 Å². The number of nitrogen functional groups attached to an aromatic ring is 1. The number of rotatable bonds is 6. The molecule has 2 saturated carbocycles. The number of aromatic nitrogens is 4. The average Bonchev–Trinajstić information content (AvgIpc) is 4.14. The van der Waals surface area contributed by atoms with E-state index in [1.54, 1.807) is 6.07 Å². The van der Waals surface area contributed by atoms with Crippen LogP contribution in [0.3, 0.4) is 0 Å². The van der Waals surface area contributed by atoms with Crippen LogP contribution >= 0.6 is 11.6 Å². The van der Waals surface area contributed by atoms with Crippen LogP contribution in [-0.2, 0) is 27.2 Å². The zero-order chi connectivity index (χ0) is 39.9. The van der Waals surface area contributed by atoms with Gasteiger partial charge in [-0.25, -0.2) is 15.0 Å². The molecule has 0 radical (unpaired) electrons. The number of carboxylic acid groups (broad SMARTS) is 1. The van der Waals surface area contributed by atoms with Crippen LogP contribution < -0.4 is 32.3 Å². The van der Waals surface area contributed by atoms with Crippen LogP contribution in [0.2, 0.25) is 5.28 Å². The van der Waals surface area contributed by atoms with Gasteiger partial charge < -0.3 is 37.4 Å². The Hall–Kier alpha value is -6.54. The third-order valence-corrected chi connectivity index (χ3v) is 9.47. The predicted octanol–water partition coefficient (Wildman–Crippen LogP) is 7.93. The fourth-order valence-electron chi connectivity index (χ4n) is 6.24. The number of hydrogen-bond donors (Lipinski definition) is 7. The van der Waals surface area contributed by atoms with E-state index in [0.717, 1.165) is 87.1 Å². The Morgan fingerprint density at radius 3 is 1.79 bits per heavy atom. The summed E-state index contributed by atoms with van der Waals surface area (Å²) in [6, 6.07) is 28.5. The second-order valence-corrected chi connectivity index (χ2v) is 14.5. The lowest BCUT2D eigenvalue weighted by Crippen LogP contribution is -2.18. The minimum atomic E-state index is -0.833. The Morgan fingerprint density at radius 1 is 0.702 bits per heavy atom. The number of nitrogens with one attached hydrogen (secondary N) is 5. The Balaban J connectivity index is 0.000000135. The monoisotopic (exact) mass is 786 g/mol. The molecule has 0 unspecified atom stereocenters. The van der Waals surface area contributed by atoms with Gasteiger partial charge in [0.2, 0.25) is 23.0 Å². The number of para-hydroxylation sites is 2. The van der Waals surface area contributed by atoms with Crippen molar-refractivity contribution >= 4 is 91.5 Å². The van der Waals surface area contributed by atoms with E-state index < -0.39 is 5.97 Å². The summed E-state index contributed by atoms with van der Waals surface area (Å²) >= 11 is 5.87. The van der Waals surface area contributed by atoms with Crippen molar-refractivity contribution in [3.8, 4) is 0 Å². The van der Waals surface area contributed by atoms with E-state index >= 15 is 0 Å². The lowest BCUT2D eigenvalue weighted by molar-refractivity contribution is -0.134. The summed E-state index contributed by atoms with van der Waals surface area (Å²) in [6.07, 6.45) is 7.46. The maximum atomic E-state index is 11.5. The lowest BCUT2D eigenvalue weighted by Gasteiger charge is -2.18. The van der Waals surface area contributed by atoms with Gasteiger partial charge in [-0.1, -0.05) is 24.3 Å². The Bertz CT molecular complexity index is 2450. The van der Waals surface area contributed by atoms with Gasteiger partial charge in [0.1, 0.15) is 11.6 Å². The van der Waals surface area contributed by atoms with E-state index in [-0.39, 0.29) is 11.8 Å². The van der Waals surface area contributed by atoms with Gasteiger partial charge in [0, 0.05) is 65.4 Å². The molecule has 0 saturated heterocycles. The predicted molar refractivity (Wildman–Crippen MR) is 225 cm³/mol. The van der Waals surface area contributed by atoms with Crippen LogP contribution in [0.25, 0.3) is 21.8 Å². The summed E-state index contributed by atoms with van der Waals surface area (Å²) in [6.45, 7) is 1.08. The Morgan fingerprint density at radius 2 is 1.21 bits per heavy atom. The first kappa shape index (κ1) is 38.7. The molecule has 2 aliphatic heterocycles. The number of amides is 2. The van der Waals surface area contributed by atoms with Crippen LogP contribution in [0.15, 0.2) is 84.9 Å². The van der Waals surface area contributed by atoms with Crippen molar-refractivity contribution in [2.24, 2.45) is 0 Å². The van der Waals surface area contributed by atoms with Crippen LogP contribution in [-0.4, -0.2) is 54.9 Å². The van der Waals surface area contributed by atoms with Crippen molar-refractivity contribution in [3.05, 3.63) is 101 Å². The van der Waals surface area contributed by atoms with Gasteiger partial charge in [-0.2, -0.15) is 4.98 Å². The van der Waals surface area contributed by atoms with Crippen LogP contribution in [0.4, 0.5) is 40.3 Å². The lowest BCUT2D eigenvalue weighted by atomic mass is 10.0. The maximum absolute atomic E-state index is 11.5. The minimum absolute atomic E-state index is 0.0758. The van der Waals surface area contributed by atoms with Crippen molar-refractivity contribution in [2.45, 2.75) is 70.4 Å². The molecule has 4 aromatic carbocycles. The molecule has 14 nitrogen and oxygen atoms in total. The molecule has 6 aromatic rings. The second kappa shape index (κ2) is 17.5. The van der Waals surface area contributed by atoms with E-state index in [0.29, 0.717) is 36.2 Å². The number of fused-ring (bicyclic) bond motifs is 4. The van der Waals surface area contributed by atoms with Gasteiger partial charge in [0.15, 0.2) is 0 Å². The molecule has 15 heteroatoms. The highest BCUT2D eigenvalue weighted by Crippen LogP contribution is 2.32. The van der Waals surface area contributed by atoms with Crippen molar-refractivity contribution in [1.82, 2.24) is 19.9 Å². The molecule has 0 spiro atoms. The van der Waals surface area contributed by atoms with Crippen LogP contribution in [0.1, 0.15) is 56.6 Å². The number of nitrogens with zero attached hydrogens (tertiary/aromatic N) is 4. The number of carbonyl (C=O) groups is 3. The third-order valence-electron chi connectivity index (χ3n) is 9.30. The number of halogens is 1. The molecule has 292 valence electrons. The molecule has 2 aliphatic carbocycles. The molecule has 4 aliphatic rings. The molecular weight excluding hydrogens is 744 g/mol. The average molecular weight is 787 g/mol. The summed E-state index contributed by atoms with van der Waals surface area (Å²) in [7, 11) is 0. The number of anilines is 7. The van der Waals surface area contributed by atoms with Gasteiger partial charge in [0.25, 0.3) is 5.97 Å². The third kappa shape index (κ3) is 10.8. The largest absolute Gasteiger partial charge is 0.481 e. The molecule has 8 N–H and O–H groups in total. The SMILES string of the molecule is CC(=O)O.Clc1nc(NC2CC2)c2ccccc2n1.Nc1ccc2c(c1)CCC(=O)N2.O=C1CCc2cc(Nc3nc(NC4CC4)c4ccccc4n3)ccc2N1. The van der Waals surface area contributed by atoms with Crippen LogP contribution in [0.5, 0.6) is 0 Å². The quantitative estimate of drug-likeness (QED) is 0.0634. The zero-order valence-electron chi connectivity index (χ0n) is 31.3. The number of hydrogen-bond acceptors (Lipinski definition) is 11. The summed E-state index contributed by atoms with van der Waals surface area (Å²) in [4.78, 5) is 49.2. The molecule has 2 aromatic heterocycles. The van der Waals surface area contributed by atoms with Crippen molar-refractivity contribution in [2.75, 3.05) is 32.3 Å².